The van der Waals surface area contributed by atoms with Gasteiger partial charge in [-0.15, -0.1) is 0 Å². The van der Waals surface area contributed by atoms with Crippen LogP contribution < -0.4 is 10.5 Å². The number of hydrogen-bond donors (Lipinski definition) is 2. The van der Waals surface area contributed by atoms with Crippen molar-refractivity contribution in [3.63, 3.8) is 0 Å². The van der Waals surface area contributed by atoms with Crippen molar-refractivity contribution in [2.45, 2.75) is 41.5 Å². The van der Waals surface area contributed by atoms with Crippen LogP contribution in [0.25, 0.3) is 0 Å². The molecule has 0 aliphatic heterocycles. The fourth-order valence-corrected chi connectivity index (χ4v) is 4.82. The van der Waals surface area contributed by atoms with Crippen LogP contribution in [0.15, 0.2) is 81.4 Å². The van der Waals surface area contributed by atoms with E-state index in [1.807, 2.05) is 43.1 Å². The molecule has 1 unspecified atom stereocenters. The van der Waals surface area contributed by atoms with Crippen LogP contribution in [0.3, 0.4) is 0 Å². The molecule has 8 heteroatoms. The first-order valence-electron chi connectivity index (χ1n) is 10.5. The molecule has 1 amide bonds. The molecule has 0 saturated carbocycles. The van der Waals surface area contributed by atoms with Gasteiger partial charge in [0.15, 0.2) is 0 Å². The summed E-state index contributed by atoms with van der Waals surface area (Å²) in [6, 6.07) is 20.5. The maximum atomic E-state index is 12.5. The van der Waals surface area contributed by atoms with Gasteiger partial charge in [-0.2, -0.15) is 0 Å². The second kappa shape index (κ2) is 10.5. The summed E-state index contributed by atoms with van der Waals surface area (Å²) in [5.41, 5.74) is 4.10. The lowest BCUT2D eigenvalue weighted by molar-refractivity contribution is -0.117. The van der Waals surface area contributed by atoms with Gasteiger partial charge in [0.1, 0.15) is 0 Å². The van der Waals surface area contributed by atoms with Crippen molar-refractivity contribution in [1.82, 2.24) is 4.90 Å². The second-order valence-electron chi connectivity index (χ2n) is 8.15. The number of benzene rings is 3. The number of likely N-dealkylation sites (N-methyl/N-ethyl adjacent to an activating group) is 1. The Morgan fingerprint density at radius 1 is 1.03 bits per heavy atom. The second-order valence-corrected chi connectivity index (χ2v) is 10.8. The van der Waals surface area contributed by atoms with Crippen molar-refractivity contribution in [3.05, 3.63) is 83.4 Å². The SMILES string of the molecule is Cc1ccc(C)c(Sc2ccc(NC(=O)CN(C)C(C)c3ccc(S(N)(=O)=O)cc3)cc2)c1. The summed E-state index contributed by atoms with van der Waals surface area (Å²) in [4.78, 5) is 16.8. The predicted molar refractivity (Wildman–Crippen MR) is 134 cm³/mol. The molecule has 0 aliphatic carbocycles. The maximum Gasteiger partial charge on any atom is 0.238 e. The number of carbonyl (C=O) groups excluding carboxylic acids is 1. The third kappa shape index (κ3) is 6.91. The number of carbonyl (C=O) groups is 1. The number of aryl methyl sites for hydroxylation is 2. The van der Waals surface area contributed by atoms with Crippen LogP contribution in [-0.4, -0.2) is 32.8 Å². The van der Waals surface area contributed by atoms with E-state index in [1.165, 1.54) is 28.2 Å². The summed E-state index contributed by atoms with van der Waals surface area (Å²) >= 11 is 1.70. The minimum atomic E-state index is -3.72. The zero-order valence-electron chi connectivity index (χ0n) is 19.2. The normalized spacial score (nSPS) is 12.5. The van der Waals surface area contributed by atoms with Gasteiger partial charge in [-0.3, -0.25) is 9.69 Å². The van der Waals surface area contributed by atoms with Crippen LogP contribution >= 0.6 is 11.8 Å². The fraction of sp³-hybridized carbons (Fsp3) is 0.240. The zero-order valence-corrected chi connectivity index (χ0v) is 20.8. The molecule has 6 nitrogen and oxygen atoms in total. The summed E-state index contributed by atoms with van der Waals surface area (Å²) in [6.07, 6.45) is 0. The first-order chi connectivity index (χ1) is 15.5. The first kappa shape index (κ1) is 25.0. The standard InChI is InChI=1S/C25H29N3O3S2/c1-17-5-6-18(2)24(15-17)32-22-11-9-21(10-12-22)27-25(29)16-28(4)19(3)20-7-13-23(14-8-20)33(26,30)31/h5-15,19H,16H2,1-4H3,(H,27,29)(H2,26,30,31). The summed E-state index contributed by atoms with van der Waals surface area (Å²) < 4.78 is 22.8. The van der Waals surface area contributed by atoms with Crippen molar-refractivity contribution in [3.8, 4) is 0 Å². The Balaban J connectivity index is 1.57. The van der Waals surface area contributed by atoms with Gasteiger partial charge < -0.3 is 5.32 Å². The summed E-state index contributed by atoms with van der Waals surface area (Å²) in [5.74, 6) is -0.125. The summed E-state index contributed by atoms with van der Waals surface area (Å²) in [7, 11) is -1.87. The van der Waals surface area contributed by atoms with Crippen molar-refractivity contribution in [2.24, 2.45) is 5.14 Å². The van der Waals surface area contributed by atoms with Crippen molar-refractivity contribution in [1.29, 1.82) is 0 Å². The summed E-state index contributed by atoms with van der Waals surface area (Å²) in [5, 5.41) is 8.08. The number of anilines is 1. The lowest BCUT2D eigenvalue weighted by Crippen LogP contribution is -2.32. The highest BCUT2D eigenvalue weighted by Crippen LogP contribution is 2.31. The molecule has 3 aromatic carbocycles. The van der Waals surface area contributed by atoms with Gasteiger partial charge in [0.2, 0.25) is 15.9 Å². The van der Waals surface area contributed by atoms with Gasteiger partial charge >= 0.3 is 0 Å². The smallest absolute Gasteiger partial charge is 0.238 e. The molecule has 0 aliphatic rings. The molecule has 0 bridgehead atoms. The maximum absolute atomic E-state index is 12.5. The number of nitrogens with two attached hydrogens (primary N) is 1. The largest absolute Gasteiger partial charge is 0.325 e. The van der Waals surface area contributed by atoms with Crippen LogP contribution in [0.2, 0.25) is 0 Å². The van der Waals surface area contributed by atoms with E-state index in [0.29, 0.717) is 0 Å². The van der Waals surface area contributed by atoms with Gasteiger partial charge in [-0.25, -0.2) is 13.6 Å². The average Bonchev–Trinajstić information content (AvgIpc) is 2.76. The summed E-state index contributed by atoms with van der Waals surface area (Å²) in [6.45, 7) is 6.33. The molecule has 0 aromatic heterocycles. The van der Waals surface area contributed by atoms with Gasteiger partial charge in [-0.1, -0.05) is 36.0 Å². The third-order valence-electron chi connectivity index (χ3n) is 5.45. The number of hydrogen-bond acceptors (Lipinski definition) is 5. The topological polar surface area (TPSA) is 92.5 Å². The Kier molecular flexibility index (Phi) is 7.97. The monoisotopic (exact) mass is 483 g/mol. The third-order valence-corrected chi connectivity index (χ3v) is 7.55. The number of sulfonamides is 1. The average molecular weight is 484 g/mol. The van der Waals surface area contributed by atoms with Gasteiger partial charge in [0, 0.05) is 21.5 Å². The van der Waals surface area contributed by atoms with Crippen molar-refractivity contribution in [2.75, 3.05) is 18.9 Å². The Bertz CT molecular complexity index is 1220. The number of amides is 1. The number of primary sulfonamides is 1. The van der Waals surface area contributed by atoms with Crippen LogP contribution in [0, 0.1) is 13.8 Å². The molecule has 1 atom stereocenters. The van der Waals surface area contributed by atoms with E-state index < -0.39 is 10.0 Å². The number of nitrogens with one attached hydrogen (secondary N) is 1. The van der Waals surface area contributed by atoms with Gasteiger partial charge in [-0.05, 0) is 87.0 Å². The molecule has 0 heterocycles. The van der Waals surface area contributed by atoms with Crippen molar-refractivity contribution >= 4 is 33.4 Å². The minimum absolute atomic E-state index is 0.0676. The molecular weight excluding hydrogens is 454 g/mol. The molecule has 33 heavy (non-hydrogen) atoms. The molecule has 0 spiro atoms. The molecule has 174 valence electrons. The molecular formula is C25H29N3O3S2. The van der Waals surface area contributed by atoms with Gasteiger partial charge in [0.25, 0.3) is 0 Å². The molecule has 3 N–H and O–H groups in total. The highest BCUT2D eigenvalue weighted by atomic mass is 32.2. The zero-order chi connectivity index (χ0) is 24.2. The molecule has 0 fully saturated rings. The van der Waals surface area contributed by atoms with E-state index in [0.717, 1.165) is 16.1 Å². The van der Waals surface area contributed by atoms with Crippen LogP contribution in [0.4, 0.5) is 5.69 Å². The van der Waals surface area contributed by atoms with E-state index in [4.69, 9.17) is 5.14 Å². The van der Waals surface area contributed by atoms with E-state index in [-0.39, 0.29) is 23.4 Å². The number of rotatable bonds is 8. The first-order valence-corrected chi connectivity index (χ1v) is 12.9. The highest BCUT2D eigenvalue weighted by molar-refractivity contribution is 7.99. The van der Waals surface area contributed by atoms with E-state index in [2.05, 4.69) is 37.4 Å². The van der Waals surface area contributed by atoms with Crippen LogP contribution in [0.5, 0.6) is 0 Å². The Labute approximate surface area is 200 Å². The van der Waals surface area contributed by atoms with Crippen LogP contribution in [0.1, 0.15) is 29.7 Å². The Morgan fingerprint density at radius 2 is 1.67 bits per heavy atom. The molecule has 0 radical (unpaired) electrons. The minimum Gasteiger partial charge on any atom is -0.325 e. The van der Waals surface area contributed by atoms with Crippen molar-refractivity contribution < 1.29 is 13.2 Å². The molecule has 3 aromatic rings. The number of nitrogens with zero attached hydrogens (tertiary/aromatic N) is 1. The Hall–Kier alpha value is -2.65. The van der Waals surface area contributed by atoms with E-state index in [9.17, 15) is 13.2 Å². The lowest BCUT2D eigenvalue weighted by atomic mass is 10.1. The Morgan fingerprint density at radius 3 is 2.27 bits per heavy atom. The quantitative estimate of drug-likeness (QED) is 0.483. The molecule has 3 rings (SSSR count). The van der Waals surface area contributed by atoms with Crippen LogP contribution in [-0.2, 0) is 14.8 Å². The predicted octanol–water partition coefficient (Wildman–Crippen LogP) is 4.73. The van der Waals surface area contributed by atoms with E-state index >= 15 is 0 Å². The lowest BCUT2D eigenvalue weighted by Gasteiger charge is -2.24. The highest BCUT2D eigenvalue weighted by Gasteiger charge is 2.16. The van der Waals surface area contributed by atoms with E-state index in [1.54, 1.807) is 23.9 Å². The fourth-order valence-electron chi connectivity index (χ4n) is 3.31. The molecule has 0 saturated heterocycles. The van der Waals surface area contributed by atoms with Gasteiger partial charge in [0.05, 0.1) is 11.4 Å².